The number of hydrogen-bond acceptors (Lipinski definition) is 2. The van der Waals surface area contributed by atoms with Crippen LogP contribution in [0.2, 0.25) is 5.15 Å². The summed E-state index contributed by atoms with van der Waals surface area (Å²) < 4.78 is 0. The lowest BCUT2D eigenvalue weighted by molar-refractivity contribution is 0.325. The van der Waals surface area contributed by atoms with Crippen LogP contribution in [0.1, 0.15) is 33.1 Å². The molecule has 0 amide bonds. The zero-order chi connectivity index (χ0) is 11.6. The Morgan fingerprint density at radius 3 is 2.81 bits per heavy atom. The predicted octanol–water partition coefficient (Wildman–Crippen LogP) is 3.75. The molecule has 0 spiro atoms. The molecular weight excluding hydrogens is 220 g/mol. The number of halogens is 1. The van der Waals surface area contributed by atoms with Gasteiger partial charge in [-0.2, -0.15) is 0 Å². The lowest BCUT2D eigenvalue weighted by atomic mass is 9.85. The molecule has 2 nitrogen and oxygen atoms in total. The van der Waals surface area contributed by atoms with Crippen LogP contribution in [0.5, 0.6) is 0 Å². The summed E-state index contributed by atoms with van der Waals surface area (Å²) in [6.45, 7) is 6.88. The van der Waals surface area contributed by atoms with E-state index in [1.54, 1.807) is 0 Å². The normalized spacial score (nSPS) is 20.6. The van der Waals surface area contributed by atoms with E-state index in [9.17, 15) is 0 Å². The maximum Gasteiger partial charge on any atom is 0.131 e. The van der Waals surface area contributed by atoms with Crippen molar-refractivity contribution >= 4 is 17.4 Å². The highest BCUT2D eigenvalue weighted by Gasteiger charge is 2.23. The summed E-state index contributed by atoms with van der Waals surface area (Å²) in [5.41, 5.74) is 0.466. The van der Waals surface area contributed by atoms with Crippen LogP contribution in [0.25, 0.3) is 0 Å². The van der Waals surface area contributed by atoms with Crippen LogP contribution in [-0.4, -0.2) is 18.1 Å². The summed E-state index contributed by atoms with van der Waals surface area (Å²) in [4.78, 5) is 6.73. The van der Waals surface area contributed by atoms with E-state index in [2.05, 4.69) is 23.7 Å². The van der Waals surface area contributed by atoms with Crippen molar-refractivity contribution in [3.8, 4) is 0 Å². The minimum absolute atomic E-state index is 0.466. The lowest BCUT2D eigenvalue weighted by Gasteiger charge is -2.24. The molecule has 0 unspecified atom stereocenters. The van der Waals surface area contributed by atoms with Gasteiger partial charge in [-0.15, -0.1) is 0 Å². The molecule has 1 aromatic rings. The van der Waals surface area contributed by atoms with Crippen molar-refractivity contribution in [2.24, 2.45) is 5.41 Å². The molecule has 88 valence electrons. The molecule has 0 saturated carbocycles. The van der Waals surface area contributed by atoms with Gasteiger partial charge in [-0.25, -0.2) is 4.98 Å². The Morgan fingerprint density at radius 1 is 1.25 bits per heavy atom. The molecular formula is C13H19ClN2. The van der Waals surface area contributed by atoms with Gasteiger partial charge in [0, 0.05) is 13.1 Å². The van der Waals surface area contributed by atoms with Crippen LogP contribution in [0, 0.1) is 5.41 Å². The fourth-order valence-corrected chi connectivity index (χ4v) is 2.38. The number of rotatable bonds is 1. The summed E-state index contributed by atoms with van der Waals surface area (Å²) >= 11 is 5.92. The van der Waals surface area contributed by atoms with Gasteiger partial charge >= 0.3 is 0 Å². The number of nitrogens with zero attached hydrogens (tertiary/aromatic N) is 2. The van der Waals surface area contributed by atoms with Crippen LogP contribution in [0.15, 0.2) is 18.2 Å². The first-order valence-electron chi connectivity index (χ1n) is 5.94. The van der Waals surface area contributed by atoms with E-state index in [1.165, 1.54) is 19.3 Å². The van der Waals surface area contributed by atoms with E-state index >= 15 is 0 Å². The van der Waals surface area contributed by atoms with E-state index in [-0.39, 0.29) is 0 Å². The zero-order valence-corrected chi connectivity index (χ0v) is 10.8. The Hall–Kier alpha value is -0.760. The Morgan fingerprint density at radius 2 is 2.06 bits per heavy atom. The topological polar surface area (TPSA) is 16.1 Å². The van der Waals surface area contributed by atoms with Gasteiger partial charge in [-0.3, -0.25) is 0 Å². The Kier molecular flexibility index (Phi) is 3.38. The molecule has 0 aromatic carbocycles. The maximum atomic E-state index is 5.92. The smallest absolute Gasteiger partial charge is 0.131 e. The lowest BCUT2D eigenvalue weighted by Crippen LogP contribution is -2.25. The molecule has 0 radical (unpaired) electrons. The highest BCUT2D eigenvalue weighted by molar-refractivity contribution is 6.29. The number of hydrogen-bond donors (Lipinski definition) is 0. The summed E-state index contributed by atoms with van der Waals surface area (Å²) in [6, 6.07) is 5.84. The van der Waals surface area contributed by atoms with Gasteiger partial charge in [0.15, 0.2) is 0 Å². The first kappa shape index (κ1) is 11.7. The molecule has 0 bridgehead atoms. The largest absolute Gasteiger partial charge is 0.357 e. The second-order valence-corrected chi connectivity index (χ2v) is 5.71. The number of pyridine rings is 1. The van der Waals surface area contributed by atoms with E-state index in [4.69, 9.17) is 11.6 Å². The van der Waals surface area contributed by atoms with Crippen LogP contribution in [0.3, 0.4) is 0 Å². The average molecular weight is 239 g/mol. The summed E-state index contributed by atoms with van der Waals surface area (Å²) in [5, 5.41) is 0.584. The van der Waals surface area contributed by atoms with Crippen LogP contribution in [0.4, 0.5) is 5.82 Å². The molecule has 0 N–H and O–H groups in total. The molecule has 1 aromatic heterocycles. The summed E-state index contributed by atoms with van der Waals surface area (Å²) in [7, 11) is 0. The van der Waals surface area contributed by atoms with Crippen LogP contribution in [-0.2, 0) is 0 Å². The maximum absolute atomic E-state index is 5.92. The molecule has 2 heterocycles. The minimum Gasteiger partial charge on any atom is -0.357 e. The second kappa shape index (κ2) is 4.62. The van der Waals surface area contributed by atoms with E-state index in [0.29, 0.717) is 10.6 Å². The van der Waals surface area contributed by atoms with Crippen LogP contribution >= 0.6 is 11.6 Å². The van der Waals surface area contributed by atoms with Crippen molar-refractivity contribution in [2.75, 3.05) is 18.0 Å². The van der Waals surface area contributed by atoms with Crippen LogP contribution < -0.4 is 4.90 Å². The van der Waals surface area contributed by atoms with Gasteiger partial charge in [-0.05, 0) is 36.8 Å². The molecule has 1 fully saturated rings. The van der Waals surface area contributed by atoms with Crippen molar-refractivity contribution in [1.29, 1.82) is 0 Å². The molecule has 2 rings (SSSR count). The van der Waals surface area contributed by atoms with Gasteiger partial charge in [-0.1, -0.05) is 31.5 Å². The fraction of sp³-hybridized carbons (Fsp3) is 0.615. The quantitative estimate of drug-likeness (QED) is 0.693. The first-order chi connectivity index (χ1) is 7.57. The van der Waals surface area contributed by atoms with Gasteiger partial charge in [0.05, 0.1) is 0 Å². The highest BCUT2D eigenvalue weighted by Crippen LogP contribution is 2.31. The molecule has 0 aliphatic carbocycles. The third-order valence-electron chi connectivity index (χ3n) is 3.36. The first-order valence-corrected chi connectivity index (χ1v) is 6.32. The summed E-state index contributed by atoms with van der Waals surface area (Å²) in [6.07, 6.45) is 3.76. The van der Waals surface area contributed by atoms with Crippen molar-refractivity contribution < 1.29 is 0 Å². The Bertz CT molecular complexity index is 363. The molecule has 1 saturated heterocycles. The van der Waals surface area contributed by atoms with Gasteiger partial charge in [0.25, 0.3) is 0 Å². The predicted molar refractivity (Wildman–Crippen MR) is 69.1 cm³/mol. The van der Waals surface area contributed by atoms with Crippen molar-refractivity contribution in [2.45, 2.75) is 33.1 Å². The van der Waals surface area contributed by atoms with E-state index in [1.807, 2.05) is 18.2 Å². The van der Waals surface area contributed by atoms with E-state index in [0.717, 1.165) is 18.9 Å². The van der Waals surface area contributed by atoms with Crippen molar-refractivity contribution in [3.63, 3.8) is 0 Å². The zero-order valence-electron chi connectivity index (χ0n) is 10.0. The SMILES string of the molecule is CC1(C)CCCN(c2cccc(Cl)n2)CC1. The van der Waals surface area contributed by atoms with E-state index < -0.39 is 0 Å². The summed E-state index contributed by atoms with van der Waals surface area (Å²) in [5.74, 6) is 1.02. The Labute approximate surface area is 103 Å². The molecule has 3 heteroatoms. The Balaban J connectivity index is 2.11. The standard InChI is InChI=1S/C13H19ClN2/c1-13(2)7-4-9-16(10-8-13)12-6-3-5-11(14)15-12/h3,5-6H,4,7-10H2,1-2H3. The number of aromatic nitrogens is 1. The van der Waals surface area contributed by atoms with Gasteiger partial charge < -0.3 is 4.90 Å². The fourth-order valence-electron chi connectivity index (χ4n) is 2.23. The average Bonchev–Trinajstić information content (AvgIpc) is 2.39. The highest BCUT2D eigenvalue weighted by atomic mass is 35.5. The second-order valence-electron chi connectivity index (χ2n) is 5.32. The van der Waals surface area contributed by atoms with Gasteiger partial charge in [0.2, 0.25) is 0 Å². The van der Waals surface area contributed by atoms with Crippen molar-refractivity contribution in [3.05, 3.63) is 23.4 Å². The molecule has 16 heavy (non-hydrogen) atoms. The molecule has 1 aliphatic rings. The monoisotopic (exact) mass is 238 g/mol. The molecule has 1 aliphatic heterocycles. The minimum atomic E-state index is 0.466. The van der Waals surface area contributed by atoms with Gasteiger partial charge in [0.1, 0.15) is 11.0 Å². The third kappa shape index (κ3) is 2.88. The molecule has 0 atom stereocenters. The number of anilines is 1. The van der Waals surface area contributed by atoms with Crippen molar-refractivity contribution in [1.82, 2.24) is 4.98 Å². The third-order valence-corrected chi connectivity index (χ3v) is 3.57.